The predicted octanol–water partition coefficient (Wildman–Crippen LogP) is 8.51. The summed E-state index contributed by atoms with van der Waals surface area (Å²) in [5.74, 6) is 0.758. The van der Waals surface area contributed by atoms with Gasteiger partial charge in [-0.15, -0.1) is 0 Å². The molecule has 5 heteroatoms. The van der Waals surface area contributed by atoms with E-state index in [0.29, 0.717) is 15.6 Å². The molecule has 0 saturated carbocycles. The highest BCUT2D eigenvalue weighted by molar-refractivity contribution is 6.43. The van der Waals surface area contributed by atoms with Crippen LogP contribution in [-0.4, -0.2) is 29.5 Å². The Kier molecular flexibility index (Phi) is 9.87. The predicted molar refractivity (Wildman–Crippen MR) is 149 cm³/mol. The van der Waals surface area contributed by atoms with E-state index in [4.69, 9.17) is 28.5 Å². The first-order valence-corrected chi connectivity index (χ1v) is 13.3. The SMILES string of the molecule is CC(Cc1ccc(C(C)(C)C)cc1)CN1CCCCC1.N#Cc1c[nH]cc1-c1cccc(Cl)c1Cl. The third kappa shape index (κ3) is 7.87. The molecule has 3 nitrogen and oxygen atoms in total. The molecule has 1 atom stereocenters. The summed E-state index contributed by atoms with van der Waals surface area (Å²) >= 11 is 12.0. The van der Waals surface area contributed by atoms with Crippen LogP contribution in [0.1, 0.15) is 63.6 Å². The van der Waals surface area contributed by atoms with Gasteiger partial charge >= 0.3 is 0 Å². The number of aromatic amines is 1. The van der Waals surface area contributed by atoms with E-state index in [1.165, 1.54) is 56.4 Å². The van der Waals surface area contributed by atoms with Crippen molar-refractivity contribution in [3.63, 3.8) is 0 Å². The molecule has 35 heavy (non-hydrogen) atoms. The molecule has 3 aromatic rings. The van der Waals surface area contributed by atoms with Gasteiger partial charge in [0.05, 0.1) is 15.6 Å². The molecule has 2 heterocycles. The van der Waals surface area contributed by atoms with E-state index in [1.54, 1.807) is 24.5 Å². The number of nitrogens with zero attached hydrogens (tertiary/aromatic N) is 2. The van der Waals surface area contributed by atoms with Crippen molar-refractivity contribution in [2.75, 3.05) is 19.6 Å². The van der Waals surface area contributed by atoms with Crippen LogP contribution in [-0.2, 0) is 11.8 Å². The number of nitriles is 1. The normalized spacial score (nSPS) is 15.1. The van der Waals surface area contributed by atoms with Gasteiger partial charge in [-0.25, -0.2) is 0 Å². The Bertz CT molecular complexity index is 1110. The molecule has 186 valence electrons. The largest absolute Gasteiger partial charge is 0.366 e. The summed E-state index contributed by atoms with van der Waals surface area (Å²) in [6.07, 6.45) is 8.79. The van der Waals surface area contributed by atoms with Crippen LogP contribution < -0.4 is 0 Å². The summed E-state index contributed by atoms with van der Waals surface area (Å²) in [6, 6.07) is 16.7. The summed E-state index contributed by atoms with van der Waals surface area (Å²) in [5, 5.41) is 9.84. The van der Waals surface area contributed by atoms with E-state index in [0.717, 1.165) is 17.0 Å². The third-order valence-corrected chi connectivity index (χ3v) is 7.35. The zero-order valence-corrected chi connectivity index (χ0v) is 22.9. The number of hydrogen-bond acceptors (Lipinski definition) is 2. The first kappa shape index (κ1) is 27.3. The van der Waals surface area contributed by atoms with E-state index in [2.05, 4.69) is 67.9 Å². The van der Waals surface area contributed by atoms with Gasteiger partial charge in [0.25, 0.3) is 0 Å². The van der Waals surface area contributed by atoms with Crippen LogP contribution in [0.15, 0.2) is 54.9 Å². The number of piperidine rings is 1. The van der Waals surface area contributed by atoms with Crippen LogP contribution in [0.2, 0.25) is 10.0 Å². The summed E-state index contributed by atoms with van der Waals surface area (Å²) < 4.78 is 0. The Labute approximate surface area is 221 Å². The second kappa shape index (κ2) is 12.6. The molecule has 0 spiro atoms. The van der Waals surface area contributed by atoms with Gasteiger partial charge in [-0.1, -0.05) is 93.7 Å². The van der Waals surface area contributed by atoms with Gasteiger partial charge in [-0.2, -0.15) is 5.26 Å². The maximum atomic E-state index is 8.88. The van der Waals surface area contributed by atoms with Crippen LogP contribution in [0.3, 0.4) is 0 Å². The minimum Gasteiger partial charge on any atom is -0.366 e. The monoisotopic (exact) mass is 509 g/mol. The number of nitrogens with one attached hydrogen (secondary N) is 1. The molecule has 0 amide bonds. The lowest BCUT2D eigenvalue weighted by Gasteiger charge is -2.29. The van der Waals surface area contributed by atoms with Gasteiger partial charge in [0.15, 0.2) is 0 Å². The molecule has 0 radical (unpaired) electrons. The molecule has 1 aromatic heterocycles. The molecule has 1 saturated heterocycles. The smallest absolute Gasteiger partial charge is 0.101 e. The minimum atomic E-state index is 0.262. The fourth-order valence-corrected chi connectivity index (χ4v) is 4.98. The summed E-state index contributed by atoms with van der Waals surface area (Å²) in [4.78, 5) is 5.52. The number of hydrogen-bond donors (Lipinski definition) is 1. The van der Waals surface area contributed by atoms with E-state index in [-0.39, 0.29) is 5.41 Å². The summed E-state index contributed by atoms with van der Waals surface area (Å²) in [6.45, 7) is 13.1. The van der Waals surface area contributed by atoms with Crippen molar-refractivity contribution in [2.45, 2.75) is 58.8 Å². The molecule has 1 aliphatic heterocycles. The fraction of sp³-hybridized carbons (Fsp3) is 0.433. The van der Waals surface area contributed by atoms with Crippen molar-refractivity contribution in [3.8, 4) is 17.2 Å². The zero-order chi connectivity index (χ0) is 25.4. The maximum Gasteiger partial charge on any atom is 0.101 e. The number of likely N-dealkylation sites (tertiary alicyclic amines) is 1. The van der Waals surface area contributed by atoms with Gasteiger partial charge in [0.1, 0.15) is 6.07 Å². The first-order valence-electron chi connectivity index (χ1n) is 12.5. The second-order valence-corrected chi connectivity index (χ2v) is 11.4. The highest BCUT2D eigenvalue weighted by Crippen LogP contribution is 2.34. The second-order valence-electron chi connectivity index (χ2n) is 10.6. The van der Waals surface area contributed by atoms with Crippen LogP contribution in [0.4, 0.5) is 0 Å². The van der Waals surface area contributed by atoms with Gasteiger partial charge < -0.3 is 9.88 Å². The van der Waals surface area contributed by atoms with Crippen LogP contribution in [0.5, 0.6) is 0 Å². The Balaban J connectivity index is 0.000000203. The fourth-order valence-electron chi connectivity index (χ4n) is 4.58. The highest BCUT2D eigenvalue weighted by Gasteiger charge is 2.16. The number of benzene rings is 2. The number of H-pyrrole nitrogens is 1. The Hall–Kier alpha value is -2.25. The average molecular weight is 511 g/mol. The first-order chi connectivity index (χ1) is 16.7. The van der Waals surface area contributed by atoms with Crippen LogP contribution in [0, 0.1) is 17.2 Å². The van der Waals surface area contributed by atoms with E-state index < -0.39 is 0 Å². The van der Waals surface area contributed by atoms with Crippen molar-refractivity contribution in [1.29, 1.82) is 5.26 Å². The molecule has 1 aliphatic rings. The molecular weight excluding hydrogens is 473 g/mol. The zero-order valence-electron chi connectivity index (χ0n) is 21.4. The standard InChI is InChI=1S/C19H31N.C11H6Cl2N2/c1-16(15-20-12-6-5-7-13-20)14-17-8-10-18(11-9-17)19(2,3)4;12-10-3-1-2-8(11(10)13)9-6-15-5-7(9)4-14/h8-11,16H,5-7,12-15H2,1-4H3;1-3,5-6,15H. The van der Waals surface area contributed by atoms with Crippen LogP contribution in [0.25, 0.3) is 11.1 Å². The highest BCUT2D eigenvalue weighted by atomic mass is 35.5. The molecule has 0 aliphatic carbocycles. The molecule has 1 N–H and O–H groups in total. The number of aromatic nitrogens is 1. The molecule has 1 unspecified atom stereocenters. The van der Waals surface area contributed by atoms with E-state index in [1.807, 2.05) is 6.07 Å². The number of rotatable bonds is 5. The van der Waals surface area contributed by atoms with Crippen molar-refractivity contribution in [1.82, 2.24) is 9.88 Å². The van der Waals surface area contributed by atoms with Gasteiger partial charge in [-0.05, 0) is 60.9 Å². The average Bonchev–Trinajstić information content (AvgIpc) is 3.30. The van der Waals surface area contributed by atoms with E-state index >= 15 is 0 Å². The molecule has 4 rings (SSSR count). The quantitative estimate of drug-likeness (QED) is 0.374. The van der Waals surface area contributed by atoms with Crippen molar-refractivity contribution >= 4 is 23.2 Å². The van der Waals surface area contributed by atoms with Crippen LogP contribution >= 0.6 is 23.2 Å². The third-order valence-electron chi connectivity index (χ3n) is 6.53. The topological polar surface area (TPSA) is 42.8 Å². The lowest BCUT2D eigenvalue weighted by molar-refractivity contribution is 0.200. The Morgan fingerprint density at radius 2 is 1.66 bits per heavy atom. The van der Waals surface area contributed by atoms with Gasteiger partial charge in [-0.3, -0.25) is 0 Å². The van der Waals surface area contributed by atoms with Crippen molar-refractivity contribution in [2.24, 2.45) is 5.92 Å². The Morgan fingerprint density at radius 1 is 0.971 bits per heavy atom. The minimum absolute atomic E-state index is 0.262. The lowest BCUT2D eigenvalue weighted by atomic mass is 9.86. The number of halogens is 2. The summed E-state index contributed by atoms with van der Waals surface area (Å²) in [5.41, 5.74) is 5.27. The Morgan fingerprint density at radius 3 is 2.29 bits per heavy atom. The van der Waals surface area contributed by atoms with Gasteiger partial charge in [0, 0.05) is 30.1 Å². The lowest BCUT2D eigenvalue weighted by Crippen LogP contribution is -2.34. The molecule has 2 aromatic carbocycles. The van der Waals surface area contributed by atoms with E-state index in [9.17, 15) is 0 Å². The molecular formula is C30H37Cl2N3. The summed E-state index contributed by atoms with van der Waals surface area (Å²) in [7, 11) is 0. The molecule has 1 fully saturated rings. The molecule has 0 bridgehead atoms. The van der Waals surface area contributed by atoms with Crippen molar-refractivity contribution < 1.29 is 0 Å². The van der Waals surface area contributed by atoms with Crippen molar-refractivity contribution in [3.05, 3.63) is 81.6 Å². The van der Waals surface area contributed by atoms with Gasteiger partial charge in [0.2, 0.25) is 0 Å². The maximum absolute atomic E-state index is 8.88.